The SMILES string of the molecule is CCCCCCCCC/C=C\CCCCCCCC(=O)NC(COC1OC(CO)C(OC2OC(CO)C(O)C(O)C2O)C(O)C1O)C(O)/C=C/CCCCCCCCCCCCCCCCCCCCCCCCCCCCCCCCC. The average Bonchev–Trinajstić information content (AvgIpc) is 3.65. The summed E-state index contributed by atoms with van der Waals surface area (Å²) in [6.45, 7) is 2.83. The first-order chi connectivity index (χ1) is 40.6. The van der Waals surface area contributed by atoms with Gasteiger partial charge in [-0.25, -0.2) is 0 Å². The Morgan fingerprint density at radius 3 is 1.14 bits per heavy atom. The monoisotopic (exact) mass is 1180 g/mol. The summed E-state index contributed by atoms with van der Waals surface area (Å²) >= 11 is 0. The minimum Gasteiger partial charge on any atom is -0.394 e. The van der Waals surface area contributed by atoms with Crippen LogP contribution in [0.2, 0.25) is 0 Å². The van der Waals surface area contributed by atoms with E-state index in [1.807, 2.05) is 6.08 Å². The topological polar surface area (TPSA) is 228 Å². The molecule has 83 heavy (non-hydrogen) atoms. The minimum absolute atomic E-state index is 0.244. The number of nitrogens with one attached hydrogen (secondary N) is 1. The molecule has 1 amide bonds. The van der Waals surface area contributed by atoms with Gasteiger partial charge in [0.15, 0.2) is 12.6 Å². The van der Waals surface area contributed by atoms with Crippen LogP contribution >= 0.6 is 0 Å². The highest BCUT2D eigenvalue weighted by molar-refractivity contribution is 5.76. The molecular formula is C69H131NO13. The predicted molar refractivity (Wildman–Crippen MR) is 337 cm³/mol. The van der Waals surface area contributed by atoms with Gasteiger partial charge in [-0.1, -0.05) is 289 Å². The highest BCUT2D eigenvalue weighted by atomic mass is 16.7. The van der Waals surface area contributed by atoms with Crippen molar-refractivity contribution in [3.63, 3.8) is 0 Å². The fraction of sp³-hybridized carbons (Fsp3) is 0.928. The van der Waals surface area contributed by atoms with Gasteiger partial charge in [0.05, 0.1) is 32.0 Å². The lowest BCUT2D eigenvalue weighted by atomic mass is 9.97. The van der Waals surface area contributed by atoms with Gasteiger partial charge in [-0.3, -0.25) is 4.79 Å². The van der Waals surface area contributed by atoms with Crippen LogP contribution in [0, 0.1) is 0 Å². The quantitative estimate of drug-likeness (QED) is 0.0204. The Hall–Kier alpha value is -1.53. The van der Waals surface area contributed by atoms with E-state index in [1.165, 1.54) is 231 Å². The fourth-order valence-electron chi connectivity index (χ4n) is 11.8. The molecule has 0 bridgehead atoms. The van der Waals surface area contributed by atoms with E-state index in [0.717, 1.165) is 57.8 Å². The molecule has 0 aromatic heterocycles. The van der Waals surface area contributed by atoms with Crippen LogP contribution in [-0.4, -0.2) is 140 Å². The highest BCUT2D eigenvalue weighted by Crippen LogP contribution is 2.30. The minimum atomic E-state index is -1.79. The molecule has 14 heteroatoms. The van der Waals surface area contributed by atoms with Crippen LogP contribution < -0.4 is 5.32 Å². The fourth-order valence-corrected chi connectivity index (χ4v) is 11.8. The number of unbranched alkanes of at least 4 members (excludes halogenated alkanes) is 43. The first-order valence-corrected chi connectivity index (χ1v) is 35.1. The summed E-state index contributed by atoms with van der Waals surface area (Å²) < 4.78 is 22.8. The van der Waals surface area contributed by atoms with Crippen LogP contribution in [0.15, 0.2) is 24.3 Å². The zero-order valence-corrected chi connectivity index (χ0v) is 53.2. The zero-order chi connectivity index (χ0) is 60.2. The molecule has 490 valence electrons. The molecule has 0 saturated carbocycles. The summed E-state index contributed by atoms with van der Waals surface area (Å²) in [5.41, 5.74) is 0. The molecule has 2 rings (SSSR count). The number of rotatable bonds is 58. The van der Waals surface area contributed by atoms with Crippen LogP contribution in [-0.2, 0) is 23.7 Å². The molecule has 12 unspecified atom stereocenters. The third-order valence-electron chi connectivity index (χ3n) is 17.4. The van der Waals surface area contributed by atoms with E-state index in [1.54, 1.807) is 6.08 Å². The number of ether oxygens (including phenoxy) is 4. The van der Waals surface area contributed by atoms with Gasteiger partial charge >= 0.3 is 0 Å². The smallest absolute Gasteiger partial charge is 0.220 e. The van der Waals surface area contributed by atoms with Crippen molar-refractivity contribution in [2.24, 2.45) is 0 Å². The predicted octanol–water partition coefficient (Wildman–Crippen LogP) is 14.0. The number of aliphatic hydroxyl groups excluding tert-OH is 8. The van der Waals surface area contributed by atoms with Crippen molar-refractivity contribution in [3.05, 3.63) is 24.3 Å². The molecule has 2 heterocycles. The van der Waals surface area contributed by atoms with E-state index in [0.29, 0.717) is 6.42 Å². The second kappa shape index (κ2) is 54.6. The number of aliphatic hydroxyl groups is 8. The molecule has 0 aromatic rings. The standard InChI is InChI=1S/C69H131NO13/c1-3-5-7-9-11-13-15-17-19-21-22-23-24-25-26-27-28-29-30-31-32-33-34-35-36-37-38-40-42-44-46-48-50-52-58(73)57(70-61(74)53-51-49-47-45-43-41-39-20-18-16-14-12-10-8-6-4-2)56-80-68-66(79)64(77)67(60(55-72)82-68)83-69-65(78)63(76)62(75)59(54-71)81-69/h20,39,50,52,57-60,62-69,71-73,75-79H,3-19,21-38,40-49,51,53-56H2,1-2H3,(H,70,74)/b39-20-,52-50+. The molecule has 0 spiro atoms. The normalized spacial score (nSPS) is 23.9. The van der Waals surface area contributed by atoms with Crippen molar-refractivity contribution in [2.45, 2.75) is 389 Å². The summed E-state index contributed by atoms with van der Waals surface area (Å²) in [5, 5.41) is 87.3. The zero-order valence-electron chi connectivity index (χ0n) is 53.2. The van der Waals surface area contributed by atoms with Gasteiger partial charge in [0, 0.05) is 6.42 Å². The highest BCUT2D eigenvalue weighted by Gasteiger charge is 2.51. The van der Waals surface area contributed by atoms with Crippen molar-refractivity contribution < 1.29 is 64.6 Å². The van der Waals surface area contributed by atoms with Crippen LogP contribution in [0.3, 0.4) is 0 Å². The van der Waals surface area contributed by atoms with Gasteiger partial charge in [-0.05, 0) is 44.9 Å². The molecule has 0 aromatic carbocycles. The summed E-state index contributed by atoms with van der Waals surface area (Å²) in [5.74, 6) is -0.244. The third-order valence-corrected chi connectivity index (χ3v) is 17.4. The maximum Gasteiger partial charge on any atom is 0.220 e. The Labute approximate surface area is 507 Å². The van der Waals surface area contributed by atoms with Crippen LogP contribution in [0.25, 0.3) is 0 Å². The van der Waals surface area contributed by atoms with E-state index in [4.69, 9.17) is 18.9 Å². The number of hydrogen-bond donors (Lipinski definition) is 9. The van der Waals surface area contributed by atoms with Gasteiger partial charge in [0.25, 0.3) is 0 Å². The lowest BCUT2D eigenvalue weighted by molar-refractivity contribution is -0.359. The Balaban J connectivity index is 1.64. The van der Waals surface area contributed by atoms with Crippen LogP contribution in [0.1, 0.15) is 316 Å². The Morgan fingerprint density at radius 2 is 0.759 bits per heavy atom. The van der Waals surface area contributed by atoms with E-state index >= 15 is 0 Å². The van der Waals surface area contributed by atoms with E-state index in [-0.39, 0.29) is 18.9 Å². The molecule has 2 aliphatic rings. The van der Waals surface area contributed by atoms with E-state index in [9.17, 15) is 45.6 Å². The van der Waals surface area contributed by atoms with Crippen molar-refractivity contribution in [3.8, 4) is 0 Å². The van der Waals surface area contributed by atoms with Crippen molar-refractivity contribution in [1.82, 2.24) is 5.32 Å². The molecular weight excluding hydrogens is 1050 g/mol. The summed E-state index contributed by atoms with van der Waals surface area (Å²) in [4.78, 5) is 13.3. The summed E-state index contributed by atoms with van der Waals surface area (Å²) in [6, 6.07) is -0.918. The van der Waals surface area contributed by atoms with E-state index < -0.39 is 86.8 Å². The molecule has 0 aliphatic carbocycles. The molecule has 0 radical (unpaired) electrons. The van der Waals surface area contributed by atoms with Gasteiger partial charge < -0.3 is 65.1 Å². The third kappa shape index (κ3) is 39.2. The summed E-state index contributed by atoms with van der Waals surface area (Å²) in [6.07, 6.45) is 51.1. The maximum atomic E-state index is 13.3. The number of allylic oxidation sites excluding steroid dienone is 3. The molecule has 12 atom stereocenters. The van der Waals surface area contributed by atoms with E-state index in [2.05, 4.69) is 31.3 Å². The summed E-state index contributed by atoms with van der Waals surface area (Å²) in [7, 11) is 0. The molecule has 14 nitrogen and oxygen atoms in total. The first kappa shape index (κ1) is 77.6. The van der Waals surface area contributed by atoms with Crippen molar-refractivity contribution in [2.75, 3.05) is 19.8 Å². The van der Waals surface area contributed by atoms with Gasteiger partial charge in [-0.2, -0.15) is 0 Å². The molecule has 2 fully saturated rings. The van der Waals surface area contributed by atoms with Gasteiger partial charge in [0.1, 0.15) is 48.8 Å². The average molecular weight is 1180 g/mol. The number of carbonyl (C=O) groups excluding carboxylic acids is 1. The lowest BCUT2D eigenvalue weighted by Gasteiger charge is -2.46. The van der Waals surface area contributed by atoms with Crippen LogP contribution in [0.4, 0.5) is 0 Å². The molecule has 9 N–H and O–H groups in total. The largest absolute Gasteiger partial charge is 0.394 e. The number of hydrogen-bond acceptors (Lipinski definition) is 13. The second-order valence-electron chi connectivity index (χ2n) is 25.0. The second-order valence-corrected chi connectivity index (χ2v) is 25.0. The maximum absolute atomic E-state index is 13.3. The lowest BCUT2D eigenvalue weighted by Crippen LogP contribution is -2.65. The first-order valence-electron chi connectivity index (χ1n) is 35.1. The molecule has 2 aliphatic heterocycles. The van der Waals surface area contributed by atoms with Crippen LogP contribution in [0.5, 0.6) is 0 Å². The Bertz CT molecular complexity index is 1490. The number of amides is 1. The Morgan fingerprint density at radius 1 is 0.422 bits per heavy atom. The van der Waals surface area contributed by atoms with Gasteiger partial charge in [0.2, 0.25) is 5.91 Å². The van der Waals surface area contributed by atoms with Gasteiger partial charge in [-0.15, -0.1) is 0 Å². The van der Waals surface area contributed by atoms with Crippen molar-refractivity contribution >= 4 is 5.91 Å². The molecule has 2 saturated heterocycles. The van der Waals surface area contributed by atoms with Crippen molar-refractivity contribution in [1.29, 1.82) is 0 Å². The number of carbonyl (C=O) groups is 1. The Kier molecular flexibility index (Phi) is 51.0.